The Bertz CT molecular complexity index is 798. The average Bonchev–Trinajstić information content (AvgIpc) is 2.79. The third kappa shape index (κ3) is 4.80. The van der Waals surface area contributed by atoms with E-state index in [1.54, 1.807) is 4.68 Å². The summed E-state index contributed by atoms with van der Waals surface area (Å²) >= 11 is 0. The fourth-order valence-corrected chi connectivity index (χ4v) is 2.79. The van der Waals surface area contributed by atoms with E-state index >= 15 is 0 Å². The van der Waals surface area contributed by atoms with Gasteiger partial charge in [0.25, 0.3) is 0 Å². The molecule has 0 bridgehead atoms. The van der Waals surface area contributed by atoms with Crippen molar-refractivity contribution in [2.75, 3.05) is 6.54 Å². The lowest BCUT2D eigenvalue weighted by Crippen LogP contribution is -2.30. The number of nitrogens with one attached hydrogen (secondary N) is 1. The van der Waals surface area contributed by atoms with Crippen LogP contribution in [-0.4, -0.2) is 32.2 Å². The number of carbonyl (C=O) groups excluding carboxylic acids is 1. The summed E-state index contributed by atoms with van der Waals surface area (Å²) < 4.78 is 40.0. The van der Waals surface area contributed by atoms with Crippen molar-refractivity contribution in [3.8, 4) is 0 Å². The number of amides is 1. The number of rotatable bonds is 6. The molecule has 142 valence electrons. The van der Waals surface area contributed by atoms with Gasteiger partial charge in [0.15, 0.2) is 0 Å². The number of nitrogens with zero attached hydrogens (tertiary/aromatic N) is 4. The average molecular weight is 369 g/mol. The number of aryl methyl sites for hydroxylation is 2. The number of halogens is 3. The van der Waals surface area contributed by atoms with Crippen molar-refractivity contribution in [3.05, 3.63) is 40.2 Å². The van der Waals surface area contributed by atoms with Crippen LogP contribution in [0, 0.1) is 20.8 Å². The van der Waals surface area contributed by atoms with Gasteiger partial charge in [-0.05, 0) is 38.8 Å². The molecule has 2 aromatic rings. The smallest absolute Gasteiger partial charge is 0.354 e. The van der Waals surface area contributed by atoms with Gasteiger partial charge < -0.3 is 5.32 Å². The van der Waals surface area contributed by atoms with Crippen molar-refractivity contribution in [2.45, 2.75) is 53.3 Å². The summed E-state index contributed by atoms with van der Waals surface area (Å²) in [6.07, 6.45) is -3.56. The van der Waals surface area contributed by atoms with Gasteiger partial charge in [-0.2, -0.15) is 18.3 Å². The van der Waals surface area contributed by atoms with E-state index in [1.807, 2.05) is 20.8 Å². The Morgan fingerprint density at radius 2 is 1.92 bits per heavy atom. The molecular formula is C17H22F3N5O. The van der Waals surface area contributed by atoms with E-state index < -0.39 is 11.9 Å². The predicted octanol–water partition coefficient (Wildman–Crippen LogP) is 2.54. The Morgan fingerprint density at radius 1 is 1.23 bits per heavy atom. The van der Waals surface area contributed by atoms with Crippen LogP contribution in [0.25, 0.3) is 0 Å². The lowest BCUT2D eigenvalue weighted by atomic mass is 10.1. The van der Waals surface area contributed by atoms with E-state index in [-0.39, 0.29) is 36.9 Å². The molecule has 2 heterocycles. The highest BCUT2D eigenvalue weighted by molar-refractivity contribution is 5.75. The maximum absolute atomic E-state index is 12.8. The Kier molecular flexibility index (Phi) is 5.99. The molecule has 1 amide bonds. The molecule has 0 radical (unpaired) electrons. The van der Waals surface area contributed by atoms with Crippen molar-refractivity contribution < 1.29 is 18.0 Å². The highest BCUT2D eigenvalue weighted by Gasteiger charge is 2.33. The zero-order valence-corrected chi connectivity index (χ0v) is 15.2. The Balaban J connectivity index is 1.94. The van der Waals surface area contributed by atoms with Crippen molar-refractivity contribution in [2.24, 2.45) is 0 Å². The highest BCUT2D eigenvalue weighted by atomic mass is 19.4. The maximum Gasteiger partial charge on any atom is 0.433 e. The van der Waals surface area contributed by atoms with Gasteiger partial charge in [-0.1, -0.05) is 6.92 Å². The summed E-state index contributed by atoms with van der Waals surface area (Å²) in [6.45, 7) is 7.53. The molecule has 0 saturated heterocycles. The normalized spacial score (nSPS) is 11.7. The summed E-state index contributed by atoms with van der Waals surface area (Å²) in [7, 11) is 0. The fraction of sp³-hybridized carbons (Fsp3) is 0.529. The van der Waals surface area contributed by atoms with Crippen LogP contribution in [0.4, 0.5) is 13.2 Å². The first-order valence-electron chi connectivity index (χ1n) is 8.33. The molecule has 1 N–H and O–H groups in total. The number of alkyl halides is 3. The van der Waals surface area contributed by atoms with Gasteiger partial charge >= 0.3 is 6.18 Å². The van der Waals surface area contributed by atoms with Gasteiger partial charge in [-0.3, -0.25) is 9.48 Å². The molecule has 0 aliphatic heterocycles. The third-order valence-electron chi connectivity index (χ3n) is 4.04. The first-order valence-corrected chi connectivity index (χ1v) is 8.33. The van der Waals surface area contributed by atoms with Crippen LogP contribution < -0.4 is 5.32 Å². The van der Waals surface area contributed by atoms with E-state index in [9.17, 15) is 18.0 Å². The second-order valence-corrected chi connectivity index (χ2v) is 6.07. The van der Waals surface area contributed by atoms with Crippen molar-refractivity contribution in [3.63, 3.8) is 0 Å². The maximum atomic E-state index is 12.8. The Hall–Kier alpha value is -2.45. The second-order valence-electron chi connectivity index (χ2n) is 6.07. The Morgan fingerprint density at radius 3 is 2.50 bits per heavy atom. The topological polar surface area (TPSA) is 72.7 Å². The molecule has 0 saturated carbocycles. The minimum Gasteiger partial charge on any atom is -0.354 e. The predicted molar refractivity (Wildman–Crippen MR) is 89.6 cm³/mol. The van der Waals surface area contributed by atoms with Crippen molar-refractivity contribution in [1.29, 1.82) is 0 Å². The number of hydrogen-bond acceptors (Lipinski definition) is 4. The van der Waals surface area contributed by atoms with E-state index in [0.717, 1.165) is 29.4 Å². The fourth-order valence-electron chi connectivity index (χ4n) is 2.79. The lowest BCUT2D eigenvalue weighted by molar-refractivity contribution is -0.141. The Labute approximate surface area is 149 Å². The third-order valence-corrected chi connectivity index (χ3v) is 4.04. The van der Waals surface area contributed by atoms with Crippen molar-refractivity contribution in [1.82, 2.24) is 25.1 Å². The number of carbonyl (C=O) groups is 1. The minimum absolute atomic E-state index is 0.0528. The second kappa shape index (κ2) is 7.84. The summed E-state index contributed by atoms with van der Waals surface area (Å²) in [5, 5.41) is 7.01. The zero-order chi connectivity index (χ0) is 19.5. The summed E-state index contributed by atoms with van der Waals surface area (Å²) in [5.41, 5.74) is 2.22. The van der Waals surface area contributed by atoms with Gasteiger partial charge in [0.2, 0.25) is 5.91 Å². The SMILES string of the molecule is CCc1c(C)nn(CC(=O)NCCc2nc(C)cc(C(F)(F)F)n2)c1C. The molecule has 0 aliphatic carbocycles. The standard InChI is InChI=1S/C17H22F3N5O/c1-5-13-11(3)24-25(12(13)4)9-16(26)21-7-6-15-22-10(2)8-14(23-15)17(18,19)20/h8H,5-7,9H2,1-4H3,(H,21,26). The first kappa shape index (κ1) is 19.9. The van der Waals surface area contributed by atoms with E-state index in [0.29, 0.717) is 0 Å². The largest absolute Gasteiger partial charge is 0.433 e. The molecule has 0 atom stereocenters. The van der Waals surface area contributed by atoms with Crippen LogP contribution in [0.3, 0.4) is 0 Å². The molecule has 9 heteroatoms. The van der Waals surface area contributed by atoms with E-state index in [4.69, 9.17) is 0 Å². The first-order chi connectivity index (χ1) is 12.1. The van der Waals surface area contributed by atoms with Gasteiger partial charge in [-0.15, -0.1) is 0 Å². The summed E-state index contributed by atoms with van der Waals surface area (Å²) in [4.78, 5) is 19.6. The number of hydrogen-bond donors (Lipinski definition) is 1. The lowest BCUT2D eigenvalue weighted by Gasteiger charge is -2.10. The molecule has 0 aliphatic rings. The molecule has 6 nitrogen and oxygen atoms in total. The molecule has 26 heavy (non-hydrogen) atoms. The van der Waals surface area contributed by atoms with Gasteiger partial charge in [-0.25, -0.2) is 9.97 Å². The van der Waals surface area contributed by atoms with E-state index in [1.165, 1.54) is 6.92 Å². The zero-order valence-electron chi connectivity index (χ0n) is 15.2. The van der Waals surface area contributed by atoms with Gasteiger partial charge in [0, 0.05) is 24.4 Å². The molecule has 2 rings (SSSR count). The van der Waals surface area contributed by atoms with Crippen LogP contribution in [0.5, 0.6) is 0 Å². The van der Waals surface area contributed by atoms with Crippen LogP contribution >= 0.6 is 0 Å². The van der Waals surface area contributed by atoms with Gasteiger partial charge in [0.05, 0.1) is 5.69 Å². The molecule has 0 spiro atoms. The number of aromatic nitrogens is 4. The molecule has 2 aromatic heterocycles. The summed E-state index contributed by atoms with van der Waals surface area (Å²) in [6, 6.07) is 0.899. The summed E-state index contributed by atoms with van der Waals surface area (Å²) in [5.74, 6) is -0.209. The monoisotopic (exact) mass is 369 g/mol. The minimum atomic E-state index is -4.52. The van der Waals surface area contributed by atoms with Crippen molar-refractivity contribution >= 4 is 5.91 Å². The quantitative estimate of drug-likeness (QED) is 0.849. The van der Waals surface area contributed by atoms with Crippen LogP contribution in [0.2, 0.25) is 0 Å². The van der Waals surface area contributed by atoms with Crippen LogP contribution in [0.15, 0.2) is 6.07 Å². The van der Waals surface area contributed by atoms with Gasteiger partial charge in [0.1, 0.15) is 18.1 Å². The molecule has 0 fully saturated rings. The highest BCUT2D eigenvalue weighted by Crippen LogP contribution is 2.27. The van der Waals surface area contributed by atoms with E-state index in [2.05, 4.69) is 20.4 Å². The molecule has 0 unspecified atom stereocenters. The van der Waals surface area contributed by atoms with Crippen LogP contribution in [-0.2, 0) is 30.4 Å². The molecule has 0 aromatic carbocycles. The van der Waals surface area contributed by atoms with Crippen LogP contribution in [0.1, 0.15) is 41.1 Å². The molecular weight excluding hydrogens is 347 g/mol.